The molecule has 0 unspecified atom stereocenters. The van der Waals surface area contributed by atoms with Crippen LogP contribution < -0.4 is 9.64 Å². The van der Waals surface area contributed by atoms with Gasteiger partial charge in [-0.3, -0.25) is 0 Å². The molecule has 0 atom stereocenters. The fourth-order valence-electron chi connectivity index (χ4n) is 3.41. The van der Waals surface area contributed by atoms with Crippen molar-refractivity contribution in [3.05, 3.63) is 59.7 Å². The SMILES string of the molecule is CCOc1ccc(S(=O)(=O)N2CC[NH+](Cc3ccc(C(=O)OC)cc3)CC2)cc1. The van der Waals surface area contributed by atoms with Crippen molar-refractivity contribution in [1.82, 2.24) is 4.31 Å². The van der Waals surface area contributed by atoms with Crippen molar-refractivity contribution in [1.29, 1.82) is 0 Å². The summed E-state index contributed by atoms with van der Waals surface area (Å²) >= 11 is 0. The molecule has 1 heterocycles. The zero-order valence-electron chi connectivity index (χ0n) is 16.8. The predicted molar refractivity (Wildman–Crippen MR) is 109 cm³/mol. The van der Waals surface area contributed by atoms with Gasteiger partial charge in [-0.25, -0.2) is 13.2 Å². The number of rotatable bonds is 7. The number of nitrogens with zero attached hydrogens (tertiary/aromatic N) is 1. The van der Waals surface area contributed by atoms with Gasteiger partial charge in [0.1, 0.15) is 12.3 Å². The molecule has 0 aliphatic carbocycles. The Kier molecular flexibility index (Phi) is 6.89. The van der Waals surface area contributed by atoms with Gasteiger partial charge in [-0.15, -0.1) is 0 Å². The Balaban J connectivity index is 1.57. The van der Waals surface area contributed by atoms with E-state index in [2.05, 4.69) is 0 Å². The van der Waals surface area contributed by atoms with Crippen molar-refractivity contribution in [3.8, 4) is 5.75 Å². The lowest BCUT2D eigenvalue weighted by Crippen LogP contribution is -3.13. The highest BCUT2D eigenvalue weighted by Crippen LogP contribution is 2.19. The Morgan fingerprint density at radius 2 is 1.66 bits per heavy atom. The van der Waals surface area contributed by atoms with Crippen molar-refractivity contribution < 1.29 is 27.6 Å². The number of esters is 1. The van der Waals surface area contributed by atoms with Crippen LogP contribution in [0.5, 0.6) is 5.75 Å². The summed E-state index contributed by atoms with van der Waals surface area (Å²) in [6, 6.07) is 13.9. The Morgan fingerprint density at radius 1 is 1.03 bits per heavy atom. The number of methoxy groups -OCH3 is 1. The van der Waals surface area contributed by atoms with E-state index in [0.29, 0.717) is 35.9 Å². The summed E-state index contributed by atoms with van der Waals surface area (Å²) in [6.45, 7) is 5.64. The van der Waals surface area contributed by atoms with Gasteiger partial charge in [0.15, 0.2) is 0 Å². The standard InChI is InChI=1S/C21H26N2O5S/c1-3-28-19-8-10-20(11-9-19)29(25,26)23-14-12-22(13-15-23)16-17-4-6-18(7-5-17)21(24)27-2/h4-11H,3,12-16H2,1-2H3/p+1. The maximum absolute atomic E-state index is 12.9. The quantitative estimate of drug-likeness (QED) is 0.677. The number of quaternary nitrogens is 1. The molecular formula is C21H27N2O5S+. The first-order valence-corrected chi connectivity index (χ1v) is 11.1. The second kappa shape index (κ2) is 9.39. The van der Waals surface area contributed by atoms with Crippen LogP contribution in [0.1, 0.15) is 22.8 Å². The summed E-state index contributed by atoms with van der Waals surface area (Å²) in [6.07, 6.45) is 0. The molecule has 2 aromatic carbocycles. The second-order valence-electron chi connectivity index (χ2n) is 6.92. The number of carbonyl (C=O) groups excluding carboxylic acids is 1. The van der Waals surface area contributed by atoms with Gasteiger partial charge in [0.25, 0.3) is 0 Å². The molecule has 0 bridgehead atoms. The van der Waals surface area contributed by atoms with Gasteiger partial charge in [-0.1, -0.05) is 12.1 Å². The van der Waals surface area contributed by atoms with E-state index in [-0.39, 0.29) is 5.97 Å². The van der Waals surface area contributed by atoms with Crippen molar-refractivity contribution in [2.45, 2.75) is 18.4 Å². The van der Waals surface area contributed by atoms with Gasteiger partial charge in [0.05, 0.1) is 50.4 Å². The summed E-state index contributed by atoms with van der Waals surface area (Å²) < 4.78 is 37.4. The highest BCUT2D eigenvalue weighted by molar-refractivity contribution is 7.89. The molecule has 8 heteroatoms. The minimum absolute atomic E-state index is 0.294. The van der Waals surface area contributed by atoms with E-state index < -0.39 is 10.0 Å². The Hall–Kier alpha value is -2.42. The predicted octanol–water partition coefficient (Wildman–Crippen LogP) is 0.961. The van der Waals surface area contributed by atoms with E-state index in [1.165, 1.54) is 12.0 Å². The minimum Gasteiger partial charge on any atom is -0.494 e. The van der Waals surface area contributed by atoms with Gasteiger partial charge >= 0.3 is 5.97 Å². The molecule has 0 saturated carbocycles. The first-order valence-electron chi connectivity index (χ1n) is 9.68. The van der Waals surface area contributed by atoms with Crippen LogP contribution in [0.15, 0.2) is 53.4 Å². The molecule has 1 saturated heterocycles. The van der Waals surface area contributed by atoms with Gasteiger partial charge in [-0.05, 0) is 43.3 Å². The first kappa shape index (κ1) is 21.3. The van der Waals surface area contributed by atoms with E-state index >= 15 is 0 Å². The van der Waals surface area contributed by atoms with Crippen LogP contribution in [0.25, 0.3) is 0 Å². The highest BCUT2D eigenvalue weighted by Gasteiger charge is 2.30. The second-order valence-corrected chi connectivity index (χ2v) is 8.86. The summed E-state index contributed by atoms with van der Waals surface area (Å²) in [5.74, 6) is 0.316. The van der Waals surface area contributed by atoms with E-state index in [4.69, 9.17) is 9.47 Å². The lowest BCUT2D eigenvalue weighted by atomic mass is 10.1. The van der Waals surface area contributed by atoms with E-state index in [0.717, 1.165) is 25.2 Å². The zero-order chi connectivity index (χ0) is 20.9. The van der Waals surface area contributed by atoms with E-state index in [1.807, 2.05) is 19.1 Å². The summed E-state index contributed by atoms with van der Waals surface area (Å²) in [4.78, 5) is 13.1. The number of sulfonamides is 1. The first-order chi connectivity index (χ1) is 13.9. The van der Waals surface area contributed by atoms with Crippen molar-refractivity contribution in [2.24, 2.45) is 0 Å². The molecule has 7 nitrogen and oxygen atoms in total. The van der Waals surface area contributed by atoms with E-state index in [1.54, 1.807) is 40.7 Å². The molecule has 29 heavy (non-hydrogen) atoms. The largest absolute Gasteiger partial charge is 0.494 e. The molecule has 0 amide bonds. The normalized spacial score (nSPS) is 15.8. The van der Waals surface area contributed by atoms with Crippen LogP contribution in [-0.2, 0) is 21.3 Å². The van der Waals surface area contributed by atoms with Crippen molar-refractivity contribution in [3.63, 3.8) is 0 Å². The monoisotopic (exact) mass is 419 g/mol. The number of ether oxygens (including phenoxy) is 2. The third kappa shape index (κ3) is 5.14. The minimum atomic E-state index is -3.50. The van der Waals surface area contributed by atoms with E-state index in [9.17, 15) is 13.2 Å². The lowest BCUT2D eigenvalue weighted by Gasteiger charge is -2.31. The Labute approximate surface area is 171 Å². The number of piperazine rings is 1. The molecule has 1 aliphatic rings. The molecule has 0 aromatic heterocycles. The molecule has 0 spiro atoms. The van der Waals surface area contributed by atoms with Crippen LogP contribution in [0.3, 0.4) is 0 Å². The van der Waals surface area contributed by atoms with Crippen molar-refractivity contribution in [2.75, 3.05) is 39.9 Å². The number of nitrogens with one attached hydrogen (secondary N) is 1. The number of benzene rings is 2. The van der Waals surface area contributed by atoms with Crippen molar-refractivity contribution >= 4 is 16.0 Å². The molecular weight excluding hydrogens is 392 g/mol. The average Bonchev–Trinajstić information content (AvgIpc) is 2.75. The maximum atomic E-state index is 12.9. The molecule has 0 radical (unpaired) electrons. The Bertz CT molecular complexity index is 919. The topological polar surface area (TPSA) is 77.4 Å². The molecule has 2 aromatic rings. The number of carbonyl (C=O) groups is 1. The smallest absolute Gasteiger partial charge is 0.337 e. The van der Waals surface area contributed by atoms with Crippen LogP contribution in [-0.4, -0.2) is 58.6 Å². The summed E-state index contributed by atoms with van der Waals surface area (Å²) in [5.41, 5.74) is 1.63. The molecule has 1 fully saturated rings. The van der Waals surface area contributed by atoms with Gasteiger partial charge in [0.2, 0.25) is 10.0 Å². The van der Waals surface area contributed by atoms with Crippen LogP contribution >= 0.6 is 0 Å². The van der Waals surface area contributed by atoms with Gasteiger partial charge in [0, 0.05) is 5.56 Å². The highest BCUT2D eigenvalue weighted by atomic mass is 32.2. The zero-order valence-corrected chi connectivity index (χ0v) is 17.6. The molecule has 156 valence electrons. The lowest BCUT2D eigenvalue weighted by molar-refractivity contribution is -0.917. The average molecular weight is 420 g/mol. The fourth-order valence-corrected chi connectivity index (χ4v) is 4.85. The van der Waals surface area contributed by atoms with Crippen LogP contribution in [0, 0.1) is 0 Å². The summed E-state index contributed by atoms with van der Waals surface area (Å²) in [5, 5.41) is 0. The fraction of sp³-hybridized carbons (Fsp3) is 0.381. The number of hydrogen-bond acceptors (Lipinski definition) is 5. The van der Waals surface area contributed by atoms with Gasteiger partial charge in [-0.2, -0.15) is 4.31 Å². The maximum Gasteiger partial charge on any atom is 0.337 e. The van der Waals surface area contributed by atoms with Gasteiger partial charge < -0.3 is 14.4 Å². The van der Waals surface area contributed by atoms with Crippen LogP contribution in [0.2, 0.25) is 0 Å². The third-order valence-corrected chi connectivity index (χ3v) is 6.94. The molecule has 1 aliphatic heterocycles. The number of hydrogen-bond donors (Lipinski definition) is 1. The summed E-state index contributed by atoms with van der Waals surface area (Å²) in [7, 11) is -2.13. The molecule has 1 N–H and O–H groups in total. The molecule has 3 rings (SSSR count). The third-order valence-electron chi connectivity index (χ3n) is 5.03. The van der Waals surface area contributed by atoms with Crippen LogP contribution in [0.4, 0.5) is 0 Å². The Morgan fingerprint density at radius 3 is 2.21 bits per heavy atom.